The Morgan fingerprint density at radius 2 is 2.30 bits per heavy atom. The molecule has 1 amide bonds. The van der Waals surface area contributed by atoms with Gasteiger partial charge in [0.15, 0.2) is 5.82 Å². The van der Waals surface area contributed by atoms with Gasteiger partial charge in [-0.2, -0.15) is 5.10 Å². The number of aromatic amines is 1. The van der Waals surface area contributed by atoms with Crippen molar-refractivity contribution < 1.29 is 9.53 Å². The maximum atomic E-state index is 12.2. The molecule has 0 aliphatic rings. The van der Waals surface area contributed by atoms with Gasteiger partial charge in [0.2, 0.25) is 5.91 Å². The van der Waals surface area contributed by atoms with Crippen LogP contribution in [0.15, 0.2) is 36.7 Å². The smallest absolute Gasteiger partial charge is 0.230 e. The third-order valence-corrected chi connectivity index (χ3v) is 3.75. The molecule has 0 fully saturated rings. The zero-order chi connectivity index (χ0) is 16.2. The molecule has 0 saturated heterocycles. The van der Waals surface area contributed by atoms with Crippen LogP contribution in [0.3, 0.4) is 0 Å². The number of rotatable bonds is 6. The molecule has 1 aromatic carbocycles. The minimum absolute atomic E-state index is 0.113. The molecule has 0 unspecified atom stereocenters. The number of carbonyl (C=O) groups is 1. The number of methoxy groups -OCH3 is 1. The molecular weight excluding hydrogens is 316 g/mol. The lowest BCUT2D eigenvalue weighted by Crippen LogP contribution is -2.15. The summed E-state index contributed by atoms with van der Waals surface area (Å²) < 4.78 is 6.72. The lowest BCUT2D eigenvalue weighted by Gasteiger charge is -2.02. The molecule has 3 rings (SSSR count). The van der Waals surface area contributed by atoms with Crippen LogP contribution in [-0.4, -0.2) is 34.4 Å². The molecule has 0 saturated carbocycles. The molecule has 0 aliphatic carbocycles. The number of nitrogens with zero attached hydrogens (tertiary/aromatic N) is 2. The molecule has 2 N–H and O–H groups in total. The van der Waals surface area contributed by atoms with Crippen LogP contribution in [0.5, 0.6) is 0 Å². The number of amides is 1. The van der Waals surface area contributed by atoms with Crippen LogP contribution in [0.25, 0.3) is 10.9 Å². The standard InChI is InChI=1S/C16H17ClN4O2/c1-23-7-6-21-5-4-15(20-21)19-16(22)8-11-10-18-14-9-12(17)2-3-13(11)14/h2-5,9-10,18H,6-8H2,1H3,(H,19,20,22). The largest absolute Gasteiger partial charge is 0.383 e. The molecule has 0 bridgehead atoms. The Morgan fingerprint density at radius 3 is 3.13 bits per heavy atom. The van der Waals surface area contributed by atoms with Gasteiger partial charge in [0.1, 0.15) is 0 Å². The van der Waals surface area contributed by atoms with E-state index in [1.807, 2.05) is 30.6 Å². The third kappa shape index (κ3) is 3.72. The number of halogens is 1. The minimum atomic E-state index is -0.113. The van der Waals surface area contributed by atoms with Gasteiger partial charge in [-0.25, -0.2) is 0 Å². The van der Waals surface area contributed by atoms with Crippen molar-refractivity contribution in [2.24, 2.45) is 0 Å². The molecule has 6 nitrogen and oxygen atoms in total. The number of ether oxygens (including phenoxy) is 1. The summed E-state index contributed by atoms with van der Waals surface area (Å²) in [5, 5.41) is 8.73. The van der Waals surface area contributed by atoms with E-state index >= 15 is 0 Å². The van der Waals surface area contributed by atoms with Crippen molar-refractivity contribution in [1.29, 1.82) is 0 Å². The first-order chi connectivity index (χ1) is 11.2. The van der Waals surface area contributed by atoms with Gasteiger partial charge in [0, 0.05) is 41.5 Å². The van der Waals surface area contributed by atoms with Crippen molar-refractivity contribution in [2.75, 3.05) is 19.0 Å². The number of fused-ring (bicyclic) bond motifs is 1. The van der Waals surface area contributed by atoms with Gasteiger partial charge in [-0.15, -0.1) is 0 Å². The van der Waals surface area contributed by atoms with Gasteiger partial charge in [-0.05, 0) is 17.7 Å². The fourth-order valence-corrected chi connectivity index (χ4v) is 2.57. The van der Waals surface area contributed by atoms with Gasteiger partial charge in [0.25, 0.3) is 0 Å². The molecule has 2 aromatic heterocycles. The average Bonchev–Trinajstić information content (AvgIpc) is 3.12. The summed E-state index contributed by atoms with van der Waals surface area (Å²) in [6.45, 7) is 1.22. The number of hydrogen-bond donors (Lipinski definition) is 2. The second kappa shape index (κ2) is 6.85. The van der Waals surface area contributed by atoms with Crippen molar-refractivity contribution in [3.63, 3.8) is 0 Å². The predicted octanol–water partition coefficient (Wildman–Crippen LogP) is 2.85. The number of aromatic nitrogens is 3. The highest BCUT2D eigenvalue weighted by atomic mass is 35.5. The van der Waals surface area contributed by atoms with E-state index in [1.165, 1.54) is 0 Å². The van der Waals surface area contributed by atoms with E-state index in [0.717, 1.165) is 16.5 Å². The first kappa shape index (κ1) is 15.6. The molecule has 0 spiro atoms. The van der Waals surface area contributed by atoms with Gasteiger partial charge in [-0.3, -0.25) is 9.48 Å². The predicted molar refractivity (Wildman–Crippen MR) is 89.7 cm³/mol. The Kier molecular flexibility index (Phi) is 4.64. The van der Waals surface area contributed by atoms with Gasteiger partial charge in [0.05, 0.1) is 19.6 Å². The first-order valence-electron chi connectivity index (χ1n) is 7.23. The molecule has 0 aliphatic heterocycles. The van der Waals surface area contributed by atoms with E-state index in [9.17, 15) is 4.79 Å². The number of benzene rings is 1. The van der Waals surface area contributed by atoms with E-state index in [-0.39, 0.29) is 12.3 Å². The van der Waals surface area contributed by atoms with Crippen LogP contribution in [0.1, 0.15) is 5.56 Å². The highest BCUT2D eigenvalue weighted by molar-refractivity contribution is 6.31. The van der Waals surface area contributed by atoms with Crippen LogP contribution < -0.4 is 5.32 Å². The van der Waals surface area contributed by atoms with Crippen LogP contribution in [-0.2, 0) is 22.5 Å². The highest BCUT2D eigenvalue weighted by Gasteiger charge is 2.10. The third-order valence-electron chi connectivity index (χ3n) is 3.51. The maximum Gasteiger partial charge on any atom is 0.230 e. The molecular formula is C16H17ClN4O2. The molecule has 7 heteroatoms. The second-order valence-corrected chi connectivity index (χ2v) is 5.62. The van der Waals surface area contributed by atoms with Crippen molar-refractivity contribution in [2.45, 2.75) is 13.0 Å². The van der Waals surface area contributed by atoms with E-state index in [2.05, 4.69) is 15.4 Å². The molecule has 23 heavy (non-hydrogen) atoms. The Labute approximate surface area is 138 Å². The molecule has 0 radical (unpaired) electrons. The van der Waals surface area contributed by atoms with Crippen LogP contribution >= 0.6 is 11.6 Å². The average molecular weight is 333 g/mol. The summed E-state index contributed by atoms with van der Waals surface area (Å²) in [7, 11) is 1.64. The Bertz CT molecular complexity index is 824. The summed E-state index contributed by atoms with van der Waals surface area (Å²) in [4.78, 5) is 15.3. The zero-order valence-electron chi connectivity index (χ0n) is 12.7. The molecule has 2 heterocycles. The summed E-state index contributed by atoms with van der Waals surface area (Å²) >= 11 is 5.96. The van der Waals surface area contributed by atoms with E-state index in [1.54, 1.807) is 17.9 Å². The first-order valence-corrected chi connectivity index (χ1v) is 7.61. The van der Waals surface area contributed by atoms with Crippen molar-refractivity contribution >= 4 is 34.2 Å². The Hall–Kier alpha value is -2.31. The lowest BCUT2D eigenvalue weighted by molar-refractivity contribution is -0.115. The summed E-state index contributed by atoms with van der Waals surface area (Å²) in [5.74, 6) is 0.423. The van der Waals surface area contributed by atoms with Crippen LogP contribution in [0.4, 0.5) is 5.82 Å². The number of anilines is 1. The van der Waals surface area contributed by atoms with Crippen molar-refractivity contribution in [3.8, 4) is 0 Å². The highest BCUT2D eigenvalue weighted by Crippen LogP contribution is 2.22. The van der Waals surface area contributed by atoms with Crippen LogP contribution in [0, 0.1) is 0 Å². The summed E-state index contributed by atoms with van der Waals surface area (Å²) in [6, 6.07) is 7.34. The van der Waals surface area contributed by atoms with E-state index < -0.39 is 0 Å². The van der Waals surface area contributed by atoms with Gasteiger partial charge in [-0.1, -0.05) is 17.7 Å². The molecule has 0 atom stereocenters. The van der Waals surface area contributed by atoms with Crippen molar-refractivity contribution in [1.82, 2.24) is 14.8 Å². The zero-order valence-corrected chi connectivity index (χ0v) is 13.4. The number of nitrogens with one attached hydrogen (secondary N) is 2. The van der Waals surface area contributed by atoms with Gasteiger partial charge >= 0.3 is 0 Å². The van der Waals surface area contributed by atoms with Crippen molar-refractivity contribution in [3.05, 3.63) is 47.2 Å². The quantitative estimate of drug-likeness (QED) is 0.729. The van der Waals surface area contributed by atoms with Gasteiger partial charge < -0.3 is 15.0 Å². The van der Waals surface area contributed by atoms with E-state index in [4.69, 9.17) is 16.3 Å². The summed E-state index contributed by atoms with van der Waals surface area (Å²) in [5.41, 5.74) is 1.84. The Balaban J connectivity index is 1.65. The monoisotopic (exact) mass is 332 g/mol. The number of H-pyrrole nitrogens is 1. The maximum absolute atomic E-state index is 12.2. The Morgan fingerprint density at radius 1 is 1.43 bits per heavy atom. The van der Waals surface area contributed by atoms with E-state index in [0.29, 0.717) is 24.0 Å². The summed E-state index contributed by atoms with van der Waals surface area (Å²) in [6.07, 6.45) is 3.91. The number of hydrogen-bond acceptors (Lipinski definition) is 3. The lowest BCUT2D eigenvalue weighted by atomic mass is 10.1. The molecule has 120 valence electrons. The fraction of sp³-hybridized carbons (Fsp3) is 0.250. The number of carbonyl (C=O) groups excluding carboxylic acids is 1. The fourth-order valence-electron chi connectivity index (χ4n) is 2.40. The second-order valence-electron chi connectivity index (χ2n) is 5.19. The van der Waals surface area contributed by atoms with Crippen LogP contribution in [0.2, 0.25) is 5.02 Å². The SMILES string of the molecule is COCCn1ccc(NC(=O)Cc2c[nH]c3cc(Cl)ccc23)n1. The minimum Gasteiger partial charge on any atom is -0.383 e. The topological polar surface area (TPSA) is 71.9 Å². The molecule has 3 aromatic rings. The normalized spacial score (nSPS) is 11.0.